The number of rotatable bonds is 3. The van der Waals surface area contributed by atoms with Crippen molar-refractivity contribution in [2.45, 2.75) is 6.42 Å². The highest BCUT2D eigenvalue weighted by molar-refractivity contribution is 6.62. The summed E-state index contributed by atoms with van der Waals surface area (Å²) in [6.45, 7) is 0.520. The van der Waals surface area contributed by atoms with Crippen LogP contribution in [-0.4, -0.2) is 11.9 Å². The molecule has 3 nitrogen and oxygen atoms in total. The Morgan fingerprint density at radius 2 is 2.20 bits per heavy atom. The summed E-state index contributed by atoms with van der Waals surface area (Å²) >= 11 is 5.16. The second-order valence-electron chi connectivity index (χ2n) is 3.21. The van der Waals surface area contributed by atoms with Crippen molar-refractivity contribution in [1.29, 1.82) is 0 Å². The van der Waals surface area contributed by atoms with Crippen molar-refractivity contribution < 1.29 is 9.21 Å². The van der Waals surface area contributed by atoms with Gasteiger partial charge in [0, 0.05) is 11.9 Å². The summed E-state index contributed by atoms with van der Waals surface area (Å²) in [7, 11) is 0. The van der Waals surface area contributed by atoms with Gasteiger partial charge in [0.1, 0.15) is 5.58 Å². The zero-order valence-corrected chi connectivity index (χ0v) is 8.75. The number of amides is 1. The Morgan fingerprint density at radius 1 is 1.40 bits per heavy atom. The molecule has 0 saturated carbocycles. The molecule has 1 amide bonds. The first-order valence-electron chi connectivity index (χ1n) is 4.66. The predicted molar refractivity (Wildman–Crippen MR) is 59.2 cm³/mol. The van der Waals surface area contributed by atoms with Crippen molar-refractivity contribution in [3.8, 4) is 0 Å². The third-order valence-electron chi connectivity index (χ3n) is 2.22. The topological polar surface area (TPSA) is 42.2 Å². The quantitative estimate of drug-likeness (QED) is 0.642. The Bertz CT molecular complexity index is 478. The van der Waals surface area contributed by atoms with E-state index in [1.807, 2.05) is 24.3 Å². The summed E-state index contributed by atoms with van der Waals surface area (Å²) in [5, 5.41) is 3.09. The number of furan rings is 1. The van der Waals surface area contributed by atoms with Crippen molar-refractivity contribution in [3.63, 3.8) is 0 Å². The van der Waals surface area contributed by atoms with Crippen molar-refractivity contribution in [2.24, 2.45) is 0 Å². The van der Waals surface area contributed by atoms with Crippen LogP contribution >= 0.6 is 11.6 Å². The van der Waals surface area contributed by atoms with Crippen molar-refractivity contribution >= 4 is 27.9 Å². The molecular weight excluding hydrogens is 214 g/mol. The lowest BCUT2D eigenvalue weighted by molar-refractivity contribution is 0.260. The van der Waals surface area contributed by atoms with Gasteiger partial charge in [-0.05, 0) is 29.7 Å². The number of para-hydroxylation sites is 1. The summed E-state index contributed by atoms with van der Waals surface area (Å²) in [6.07, 6.45) is 2.43. The van der Waals surface area contributed by atoms with Gasteiger partial charge >= 0.3 is 5.37 Å². The van der Waals surface area contributed by atoms with Crippen LogP contribution in [0.2, 0.25) is 0 Å². The Balaban J connectivity index is 2.11. The van der Waals surface area contributed by atoms with Gasteiger partial charge in [-0.3, -0.25) is 4.79 Å². The van der Waals surface area contributed by atoms with Gasteiger partial charge in [-0.2, -0.15) is 0 Å². The molecule has 0 radical (unpaired) electrons. The summed E-state index contributed by atoms with van der Waals surface area (Å²) in [5.74, 6) is 0. The zero-order chi connectivity index (χ0) is 10.7. The molecule has 1 heterocycles. The molecule has 2 aromatic rings. The Kier molecular flexibility index (Phi) is 2.92. The molecule has 2 rings (SSSR count). The van der Waals surface area contributed by atoms with Crippen LogP contribution in [0.1, 0.15) is 5.56 Å². The van der Waals surface area contributed by atoms with Crippen LogP contribution in [0.4, 0.5) is 4.79 Å². The third-order valence-corrected chi connectivity index (χ3v) is 2.35. The van der Waals surface area contributed by atoms with Crippen molar-refractivity contribution in [1.82, 2.24) is 5.32 Å². The maximum absolute atomic E-state index is 10.5. The first-order valence-corrected chi connectivity index (χ1v) is 5.03. The van der Waals surface area contributed by atoms with Gasteiger partial charge < -0.3 is 9.73 Å². The van der Waals surface area contributed by atoms with Crippen LogP contribution in [0.15, 0.2) is 34.9 Å². The lowest BCUT2D eigenvalue weighted by Gasteiger charge is -1.98. The highest BCUT2D eigenvalue weighted by Crippen LogP contribution is 2.20. The molecule has 0 spiro atoms. The fraction of sp³-hybridized carbons (Fsp3) is 0.182. The minimum Gasteiger partial charge on any atom is -0.464 e. The van der Waals surface area contributed by atoms with Crippen LogP contribution < -0.4 is 5.32 Å². The molecule has 1 aromatic carbocycles. The Morgan fingerprint density at radius 3 is 3.00 bits per heavy atom. The lowest BCUT2D eigenvalue weighted by atomic mass is 10.1. The number of carbonyl (C=O) groups excluding carboxylic acids is 1. The normalized spacial score (nSPS) is 10.5. The molecule has 0 aliphatic heterocycles. The first kappa shape index (κ1) is 10.1. The molecular formula is C11H10ClNO2. The highest BCUT2D eigenvalue weighted by atomic mass is 35.5. The highest BCUT2D eigenvalue weighted by Gasteiger charge is 2.04. The van der Waals surface area contributed by atoms with Crippen LogP contribution in [0.3, 0.4) is 0 Å². The fourth-order valence-electron chi connectivity index (χ4n) is 1.52. The molecule has 0 bridgehead atoms. The molecule has 0 aliphatic rings. The Hall–Kier alpha value is -1.48. The molecule has 4 heteroatoms. The molecule has 0 saturated heterocycles. The van der Waals surface area contributed by atoms with E-state index in [9.17, 15) is 4.79 Å². The van der Waals surface area contributed by atoms with E-state index in [-0.39, 0.29) is 0 Å². The lowest BCUT2D eigenvalue weighted by Crippen LogP contribution is -2.19. The monoisotopic (exact) mass is 223 g/mol. The summed E-state index contributed by atoms with van der Waals surface area (Å²) in [4.78, 5) is 10.5. The number of hydrogen-bond donors (Lipinski definition) is 1. The number of carbonyl (C=O) groups is 1. The van der Waals surface area contributed by atoms with E-state index in [4.69, 9.17) is 16.0 Å². The standard InChI is InChI=1S/C11H10ClNO2/c12-11(14)13-6-5-8-7-15-10-4-2-1-3-9(8)10/h1-4,7H,5-6H2,(H,13,14). The molecule has 15 heavy (non-hydrogen) atoms. The number of hydrogen-bond acceptors (Lipinski definition) is 2. The summed E-state index contributed by atoms with van der Waals surface area (Å²) < 4.78 is 5.36. The number of halogens is 1. The zero-order valence-electron chi connectivity index (χ0n) is 8.00. The van der Waals surface area contributed by atoms with Gasteiger partial charge in [0.2, 0.25) is 0 Å². The molecule has 0 unspecified atom stereocenters. The largest absolute Gasteiger partial charge is 0.464 e. The molecule has 0 fully saturated rings. The second kappa shape index (κ2) is 4.36. The fourth-order valence-corrected chi connectivity index (χ4v) is 1.62. The molecule has 78 valence electrons. The minimum atomic E-state index is -0.525. The SMILES string of the molecule is O=C(Cl)NCCc1coc2ccccc12. The van der Waals surface area contributed by atoms with Crippen molar-refractivity contribution in [2.75, 3.05) is 6.54 Å². The maximum atomic E-state index is 10.5. The van der Waals surface area contributed by atoms with Crippen molar-refractivity contribution in [3.05, 3.63) is 36.1 Å². The van der Waals surface area contributed by atoms with Gasteiger partial charge in [-0.15, -0.1) is 0 Å². The van der Waals surface area contributed by atoms with Crippen LogP contribution in [-0.2, 0) is 6.42 Å². The van der Waals surface area contributed by atoms with E-state index in [0.29, 0.717) is 6.54 Å². The van der Waals surface area contributed by atoms with E-state index in [0.717, 1.165) is 23.0 Å². The van der Waals surface area contributed by atoms with E-state index in [2.05, 4.69) is 5.32 Å². The predicted octanol–water partition coefficient (Wildman–Crippen LogP) is 2.92. The van der Waals surface area contributed by atoms with E-state index in [1.165, 1.54) is 0 Å². The average molecular weight is 224 g/mol. The number of fused-ring (bicyclic) bond motifs is 1. The van der Waals surface area contributed by atoms with E-state index in [1.54, 1.807) is 6.26 Å². The van der Waals surface area contributed by atoms with Gasteiger partial charge in [0.15, 0.2) is 0 Å². The van der Waals surface area contributed by atoms with E-state index < -0.39 is 5.37 Å². The minimum absolute atomic E-state index is 0.520. The molecule has 0 atom stereocenters. The van der Waals surface area contributed by atoms with Gasteiger partial charge in [0.25, 0.3) is 0 Å². The van der Waals surface area contributed by atoms with Crippen LogP contribution in [0.25, 0.3) is 11.0 Å². The molecule has 1 N–H and O–H groups in total. The summed E-state index contributed by atoms with van der Waals surface area (Å²) in [6, 6.07) is 7.80. The van der Waals surface area contributed by atoms with Crippen LogP contribution in [0.5, 0.6) is 0 Å². The maximum Gasteiger partial charge on any atom is 0.313 e. The summed E-state index contributed by atoms with van der Waals surface area (Å²) in [5.41, 5.74) is 1.95. The van der Waals surface area contributed by atoms with Gasteiger partial charge in [-0.25, -0.2) is 0 Å². The number of benzene rings is 1. The van der Waals surface area contributed by atoms with Gasteiger partial charge in [-0.1, -0.05) is 18.2 Å². The second-order valence-corrected chi connectivity index (χ2v) is 3.55. The first-order chi connectivity index (χ1) is 7.27. The number of nitrogens with one attached hydrogen (secondary N) is 1. The molecule has 0 aliphatic carbocycles. The Labute approximate surface area is 92.0 Å². The van der Waals surface area contributed by atoms with Gasteiger partial charge in [0.05, 0.1) is 6.26 Å². The van der Waals surface area contributed by atoms with Crippen LogP contribution in [0, 0.1) is 0 Å². The average Bonchev–Trinajstić information content (AvgIpc) is 2.62. The molecule has 1 aromatic heterocycles. The third kappa shape index (κ3) is 2.30. The smallest absolute Gasteiger partial charge is 0.313 e. The van der Waals surface area contributed by atoms with E-state index >= 15 is 0 Å².